The van der Waals surface area contributed by atoms with Crippen LogP contribution in [0.4, 0.5) is 5.69 Å². The number of rotatable bonds is 3. The minimum absolute atomic E-state index is 0. The molecule has 1 aromatic carbocycles. The molecular formula is C18H26ClN3O2. The Labute approximate surface area is 149 Å². The molecule has 3 rings (SSSR count). The van der Waals surface area contributed by atoms with E-state index in [-0.39, 0.29) is 24.2 Å². The molecule has 0 atom stereocenters. The Hall–Kier alpha value is -1.75. The highest BCUT2D eigenvalue weighted by Gasteiger charge is 2.26. The molecule has 0 bridgehead atoms. The summed E-state index contributed by atoms with van der Waals surface area (Å²) in [6.45, 7) is 4.81. The quantitative estimate of drug-likeness (QED) is 0.879. The lowest BCUT2D eigenvalue weighted by Gasteiger charge is -2.33. The standard InChI is InChI=1S/C18H25N3O2.ClH/c1-13(22)20-12-14-7-10-21(11-8-14)18(23)16-4-2-6-17-15(16)5-3-9-19-17;/h2,4,6,14,19H,3,5,7-12H2,1H3,(H,20,22);1H. The highest BCUT2D eigenvalue weighted by Crippen LogP contribution is 2.27. The molecule has 0 unspecified atom stereocenters. The van der Waals surface area contributed by atoms with Crippen molar-refractivity contribution in [1.29, 1.82) is 0 Å². The molecule has 132 valence electrons. The van der Waals surface area contributed by atoms with Crippen LogP contribution in [0.15, 0.2) is 18.2 Å². The third-order valence-electron chi connectivity index (χ3n) is 4.87. The van der Waals surface area contributed by atoms with E-state index in [1.807, 2.05) is 17.0 Å². The summed E-state index contributed by atoms with van der Waals surface area (Å²) in [5.41, 5.74) is 3.14. The minimum Gasteiger partial charge on any atom is -0.385 e. The van der Waals surface area contributed by atoms with Crippen LogP contribution in [-0.4, -0.2) is 42.9 Å². The topological polar surface area (TPSA) is 61.4 Å². The zero-order valence-electron chi connectivity index (χ0n) is 14.1. The van der Waals surface area contributed by atoms with Gasteiger partial charge in [0.15, 0.2) is 0 Å². The van der Waals surface area contributed by atoms with E-state index in [1.54, 1.807) is 6.92 Å². The van der Waals surface area contributed by atoms with Gasteiger partial charge in [-0.25, -0.2) is 0 Å². The second-order valence-corrected chi connectivity index (χ2v) is 6.53. The Morgan fingerprint density at radius 2 is 2.04 bits per heavy atom. The first-order valence-corrected chi connectivity index (χ1v) is 8.54. The molecule has 24 heavy (non-hydrogen) atoms. The molecule has 0 saturated carbocycles. The van der Waals surface area contributed by atoms with Crippen LogP contribution in [0.1, 0.15) is 42.1 Å². The zero-order chi connectivity index (χ0) is 16.2. The summed E-state index contributed by atoms with van der Waals surface area (Å²) in [7, 11) is 0. The number of fused-ring (bicyclic) bond motifs is 1. The van der Waals surface area contributed by atoms with Crippen molar-refractivity contribution < 1.29 is 9.59 Å². The minimum atomic E-state index is 0. The van der Waals surface area contributed by atoms with E-state index in [2.05, 4.69) is 16.7 Å². The molecule has 6 heteroatoms. The molecular weight excluding hydrogens is 326 g/mol. The van der Waals surface area contributed by atoms with Crippen molar-refractivity contribution in [3.05, 3.63) is 29.3 Å². The van der Waals surface area contributed by atoms with Crippen LogP contribution in [0.25, 0.3) is 0 Å². The van der Waals surface area contributed by atoms with Crippen molar-refractivity contribution >= 4 is 29.9 Å². The van der Waals surface area contributed by atoms with Crippen molar-refractivity contribution in [1.82, 2.24) is 10.2 Å². The Balaban J connectivity index is 0.00000208. The number of nitrogens with zero attached hydrogens (tertiary/aromatic N) is 1. The summed E-state index contributed by atoms with van der Waals surface area (Å²) in [6, 6.07) is 5.98. The number of piperidine rings is 1. The number of halogens is 1. The Morgan fingerprint density at radius 1 is 1.29 bits per heavy atom. The van der Waals surface area contributed by atoms with E-state index in [4.69, 9.17) is 0 Å². The van der Waals surface area contributed by atoms with Gasteiger partial charge < -0.3 is 15.5 Å². The van der Waals surface area contributed by atoms with Crippen molar-refractivity contribution in [2.24, 2.45) is 5.92 Å². The highest BCUT2D eigenvalue weighted by molar-refractivity contribution is 5.97. The van der Waals surface area contributed by atoms with Crippen molar-refractivity contribution in [3.8, 4) is 0 Å². The largest absolute Gasteiger partial charge is 0.385 e. The number of hydrogen-bond acceptors (Lipinski definition) is 3. The zero-order valence-corrected chi connectivity index (χ0v) is 15.0. The summed E-state index contributed by atoms with van der Waals surface area (Å²) >= 11 is 0. The van der Waals surface area contributed by atoms with Gasteiger partial charge in [0.2, 0.25) is 5.91 Å². The molecule has 1 aromatic rings. The summed E-state index contributed by atoms with van der Waals surface area (Å²) in [5, 5.41) is 6.27. The number of benzene rings is 1. The van der Waals surface area contributed by atoms with Gasteiger partial charge >= 0.3 is 0 Å². The number of hydrogen-bond donors (Lipinski definition) is 2. The van der Waals surface area contributed by atoms with Crippen LogP contribution >= 0.6 is 12.4 Å². The third kappa shape index (κ3) is 4.20. The van der Waals surface area contributed by atoms with Crippen LogP contribution < -0.4 is 10.6 Å². The number of anilines is 1. The van der Waals surface area contributed by atoms with Crippen LogP contribution in [0.2, 0.25) is 0 Å². The molecule has 0 aliphatic carbocycles. The van der Waals surface area contributed by atoms with E-state index in [9.17, 15) is 9.59 Å². The van der Waals surface area contributed by atoms with Crippen molar-refractivity contribution in [2.45, 2.75) is 32.6 Å². The van der Waals surface area contributed by atoms with Gasteiger partial charge in [-0.3, -0.25) is 9.59 Å². The molecule has 0 aromatic heterocycles. The predicted molar refractivity (Wildman–Crippen MR) is 97.8 cm³/mol. The number of carbonyl (C=O) groups is 2. The van der Waals surface area contributed by atoms with Crippen LogP contribution in [0.5, 0.6) is 0 Å². The first kappa shape index (κ1) is 18.6. The van der Waals surface area contributed by atoms with Gasteiger partial charge in [-0.2, -0.15) is 0 Å². The lowest BCUT2D eigenvalue weighted by molar-refractivity contribution is -0.119. The summed E-state index contributed by atoms with van der Waals surface area (Å²) in [6.07, 6.45) is 3.97. The third-order valence-corrected chi connectivity index (χ3v) is 4.87. The SMILES string of the molecule is CC(=O)NCC1CCN(C(=O)c2cccc3c2CCCN3)CC1.Cl. The molecule has 0 spiro atoms. The maximum Gasteiger partial charge on any atom is 0.254 e. The van der Waals surface area contributed by atoms with Gasteiger partial charge in [0, 0.05) is 44.4 Å². The summed E-state index contributed by atoms with van der Waals surface area (Å²) in [4.78, 5) is 25.8. The molecule has 1 fully saturated rings. The Morgan fingerprint density at radius 3 is 2.75 bits per heavy atom. The van der Waals surface area contributed by atoms with E-state index in [0.29, 0.717) is 5.92 Å². The average Bonchev–Trinajstić information content (AvgIpc) is 2.59. The lowest BCUT2D eigenvalue weighted by Crippen LogP contribution is -2.41. The number of amides is 2. The second-order valence-electron chi connectivity index (χ2n) is 6.53. The van der Waals surface area contributed by atoms with Gasteiger partial charge in [-0.15, -0.1) is 12.4 Å². The summed E-state index contributed by atoms with van der Waals surface area (Å²) in [5.74, 6) is 0.657. The molecule has 2 heterocycles. The number of likely N-dealkylation sites (tertiary alicyclic amines) is 1. The van der Waals surface area contributed by atoms with E-state index in [1.165, 1.54) is 5.56 Å². The van der Waals surface area contributed by atoms with Crippen molar-refractivity contribution in [2.75, 3.05) is 31.5 Å². The molecule has 1 saturated heterocycles. The number of nitrogens with one attached hydrogen (secondary N) is 2. The molecule has 2 N–H and O–H groups in total. The van der Waals surface area contributed by atoms with Gasteiger partial charge in [0.25, 0.3) is 5.91 Å². The smallest absolute Gasteiger partial charge is 0.254 e. The number of carbonyl (C=O) groups excluding carboxylic acids is 2. The second kappa shape index (κ2) is 8.38. The molecule has 2 aliphatic rings. The lowest BCUT2D eigenvalue weighted by atomic mass is 9.94. The maximum absolute atomic E-state index is 12.9. The predicted octanol–water partition coefficient (Wildman–Crippen LogP) is 2.45. The van der Waals surface area contributed by atoms with Crippen molar-refractivity contribution in [3.63, 3.8) is 0 Å². The van der Waals surface area contributed by atoms with Gasteiger partial charge in [-0.1, -0.05) is 6.07 Å². The van der Waals surface area contributed by atoms with Crippen LogP contribution in [0, 0.1) is 5.92 Å². The molecule has 5 nitrogen and oxygen atoms in total. The monoisotopic (exact) mass is 351 g/mol. The first-order valence-electron chi connectivity index (χ1n) is 8.54. The normalized spacial score (nSPS) is 17.3. The molecule has 2 amide bonds. The highest BCUT2D eigenvalue weighted by atomic mass is 35.5. The maximum atomic E-state index is 12.9. The molecule has 2 aliphatic heterocycles. The Kier molecular flexibility index (Phi) is 6.49. The van der Waals surface area contributed by atoms with E-state index >= 15 is 0 Å². The fourth-order valence-corrected chi connectivity index (χ4v) is 3.51. The fraction of sp³-hybridized carbons (Fsp3) is 0.556. The van der Waals surface area contributed by atoms with Gasteiger partial charge in [0.05, 0.1) is 0 Å². The van der Waals surface area contributed by atoms with E-state index in [0.717, 1.165) is 63.1 Å². The van der Waals surface area contributed by atoms with Crippen LogP contribution in [-0.2, 0) is 11.2 Å². The average molecular weight is 352 g/mol. The molecule has 0 radical (unpaired) electrons. The van der Waals surface area contributed by atoms with Crippen LogP contribution in [0.3, 0.4) is 0 Å². The fourth-order valence-electron chi connectivity index (χ4n) is 3.51. The van der Waals surface area contributed by atoms with E-state index < -0.39 is 0 Å². The van der Waals surface area contributed by atoms with Gasteiger partial charge in [0.1, 0.15) is 0 Å². The first-order chi connectivity index (χ1) is 11.1. The Bertz CT molecular complexity index is 598. The summed E-state index contributed by atoms with van der Waals surface area (Å²) < 4.78 is 0. The van der Waals surface area contributed by atoms with Gasteiger partial charge in [-0.05, 0) is 49.3 Å².